The summed E-state index contributed by atoms with van der Waals surface area (Å²) in [5.74, 6) is -1.11. The second-order valence-electron chi connectivity index (χ2n) is 6.43. The second-order valence-corrected chi connectivity index (χ2v) is 6.43. The first-order valence-electron chi connectivity index (χ1n) is 8.39. The molecule has 3 heterocycles. The normalized spacial score (nSPS) is 15.8. The van der Waals surface area contributed by atoms with Gasteiger partial charge in [-0.2, -0.15) is 5.10 Å². The van der Waals surface area contributed by atoms with Crippen molar-refractivity contribution >= 4 is 17.4 Å². The first-order valence-corrected chi connectivity index (χ1v) is 8.39. The maximum Gasteiger partial charge on any atom is 0.348 e. The third kappa shape index (κ3) is 2.86. The molecule has 1 aliphatic rings. The maximum absolute atomic E-state index is 13.8. The number of nitrogens with zero attached hydrogens (tertiary/aromatic N) is 3. The highest BCUT2D eigenvalue weighted by atomic mass is 19.1. The summed E-state index contributed by atoms with van der Waals surface area (Å²) in [6.07, 6.45) is 1.39. The molecule has 1 aliphatic heterocycles. The van der Waals surface area contributed by atoms with Crippen molar-refractivity contribution in [1.29, 1.82) is 0 Å². The summed E-state index contributed by atoms with van der Waals surface area (Å²) >= 11 is 0. The fourth-order valence-corrected chi connectivity index (χ4v) is 3.30. The summed E-state index contributed by atoms with van der Waals surface area (Å²) in [5, 5.41) is 14.5. The highest BCUT2D eigenvalue weighted by Gasteiger charge is 2.31. The molecule has 0 saturated heterocycles. The molecular weight excluding hydrogens is 367 g/mol. The molecule has 1 amide bonds. The number of fused-ring (bicyclic) bond motifs is 1. The number of benzene rings is 1. The van der Waals surface area contributed by atoms with Crippen molar-refractivity contribution in [2.24, 2.45) is 10.7 Å². The minimum Gasteiger partial charge on any atom is -0.507 e. The van der Waals surface area contributed by atoms with Crippen LogP contribution in [0.15, 0.2) is 50.7 Å². The number of carbonyl (C=O) groups is 1. The maximum atomic E-state index is 13.8. The largest absolute Gasteiger partial charge is 0.507 e. The van der Waals surface area contributed by atoms with Crippen LogP contribution in [0, 0.1) is 12.7 Å². The molecule has 3 N–H and O–H groups in total. The Morgan fingerprint density at radius 1 is 1.39 bits per heavy atom. The lowest BCUT2D eigenvalue weighted by molar-refractivity contribution is 0.100. The zero-order valence-electron chi connectivity index (χ0n) is 14.7. The van der Waals surface area contributed by atoms with Crippen LogP contribution in [0.5, 0.6) is 5.75 Å². The number of aliphatic imine (C=N–C) groups is 1. The van der Waals surface area contributed by atoms with Gasteiger partial charge in [-0.25, -0.2) is 18.9 Å². The van der Waals surface area contributed by atoms with E-state index in [9.17, 15) is 19.1 Å². The Labute approximate surface area is 157 Å². The molecule has 0 saturated carbocycles. The van der Waals surface area contributed by atoms with Gasteiger partial charge in [0, 0.05) is 12.5 Å². The number of primary amides is 1. The van der Waals surface area contributed by atoms with Gasteiger partial charge < -0.3 is 15.3 Å². The lowest BCUT2D eigenvalue weighted by Crippen LogP contribution is -2.25. The van der Waals surface area contributed by atoms with Gasteiger partial charge in [-0.15, -0.1) is 0 Å². The van der Waals surface area contributed by atoms with Gasteiger partial charge in [0.1, 0.15) is 28.5 Å². The third-order valence-corrected chi connectivity index (χ3v) is 4.53. The van der Waals surface area contributed by atoms with E-state index >= 15 is 0 Å². The number of halogens is 1. The van der Waals surface area contributed by atoms with Gasteiger partial charge >= 0.3 is 5.63 Å². The van der Waals surface area contributed by atoms with Gasteiger partial charge in [0.2, 0.25) is 0 Å². The monoisotopic (exact) mass is 382 g/mol. The summed E-state index contributed by atoms with van der Waals surface area (Å²) in [6, 6.07) is 6.62. The lowest BCUT2D eigenvalue weighted by atomic mass is 9.96. The molecule has 1 unspecified atom stereocenters. The van der Waals surface area contributed by atoms with E-state index in [1.165, 1.54) is 36.0 Å². The van der Waals surface area contributed by atoms with Crippen LogP contribution >= 0.6 is 0 Å². The lowest BCUT2D eigenvalue weighted by Gasteiger charge is -2.25. The van der Waals surface area contributed by atoms with Crippen molar-refractivity contribution < 1.29 is 18.7 Å². The smallest absolute Gasteiger partial charge is 0.348 e. The number of rotatable bonds is 3. The Balaban J connectivity index is 1.94. The van der Waals surface area contributed by atoms with E-state index in [0.29, 0.717) is 5.56 Å². The molecular formula is C19H15FN4O4. The van der Waals surface area contributed by atoms with Crippen molar-refractivity contribution in [3.05, 3.63) is 75.2 Å². The molecule has 0 aliphatic carbocycles. The van der Waals surface area contributed by atoms with E-state index in [0.717, 1.165) is 0 Å². The molecule has 1 atom stereocenters. The van der Waals surface area contributed by atoms with E-state index in [-0.39, 0.29) is 40.6 Å². The van der Waals surface area contributed by atoms with E-state index in [1.807, 2.05) is 0 Å². The molecule has 0 bridgehead atoms. The summed E-state index contributed by atoms with van der Waals surface area (Å²) in [6.45, 7) is 1.53. The minimum absolute atomic E-state index is 0.0505. The van der Waals surface area contributed by atoms with Crippen LogP contribution in [0.3, 0.4) is 0 Å². The number of amides is 1. The SMILES string of the molecule is Cc1cc(O)c(C2=Nc3c(C(N)=O)cnn3C(c3cccc(F)c3)C2)c(=O)o1. The molecule has 2 aromatic heterocycles. The Morgan fingerprint density at radius 3 is 2.86 bits per heavy atom. The zero-order chi connectivity index (χ0) is 20.0. The number of hydrogen-bond acceptors (Lipinski definition) is 6. The van der Waals surface area contributed by atoms with Crippen LogP contribution in [-0.4, -0.2) is 26.5 Å². The number of aromatic hydroxyl groups is 1. The van der Waals surface area contributed by atoms with Crippen molar-refractivity contribution in [2.45, 2.75) is 19.4 Å². The number of aryl methyl sites for hydroxylation is 1. The van der Waals surface area contributed by atoms with Crippen molar-refractivity contribution in [2.75, 3.05) is 0 Å². The fraction of sp³-hybridized carbons (Fsp3) is 0.158. The molecule has 142 valence electrons. The van der Waals surface area contributed by atoms with Gasteiger partial charge in [0.15, 0.2) is 5.82 Å². The molecule has 1 aromatic carbocycles. The minimum atomic E-state index is -0.761. The number of carbonyl (C=O) groups excluding carboxylic acids is 1. The van der Waals surface area contributed by atoms with E-state index < -0.39 is 23.4 Å². The van der Waals surface area contributed by atoms with Crippen molar-refractivity contribution in [3.8, 4) is 5.75 Å². The highest BCUT2D eigenvalue weighted by molar-refractivity contribution is 6.06. The van der Waals surface area contributed by atoms with Crippen LogP contribution in [0.1, 0.15) is 39.7 Å². The van der Waals surface area contributed by atoms with Gasteiger partial charge in [0.25, 0.3) is 5.91 Å². The van der Waals surface area contributed by atoms with Crippen molar-refractivity contribution in [3.63, 3.8) is 0 Å². The summed E-state index contributed by atoms with van der Waals surface area (Å²) in [7, 11) is 0. The molecule has 0 fully saturated rings. The first kappa shape index (κ1) is 17.7. The van der Waals surface area contributed by atoms with E-state index in [1.54, 1.807) is 12.1 Å². The molecule has 0 radical (unpaired) electrons. The molecule has 4 rings (SSSR count). The van der Waals surface area contributed by atoms with Crippen LogP contribution in [-0.2, 0) is 0 Å². The van der Waals surface area contributed by atoms with Crippen LogP contribution < -0.4 is 11.4 Å². The molecule has 8 nitrogen and oxygen atoms in total. The van der Waals surface area contributed by atoms with Crippen LogP contribution in [0.25, 0.3) is 0 Å². The summed E-state index contributed by atoms with van der Waals surface area (Å²) in [4.78, 5) is 28.5. The molecule has 0 spiro atoms. The molecule has 9 heteroatoms. The summed E-state index contributed by atoms with van der Waals surface area (Å²) < 4.78 is 20.3. The van der Waals surface area contributed by atoms with Gasteiger partial charge in [-0.1, -0.05) is 12.1 Å². The predicted octanol–water partition coefficient (Wildman–Crippen LogP) is 2.20. The Kier molecular flexibility index (Phi) is 4.07. The average molecular weight is 382 g/mol. The fourth-order valence-electron chi connectivity index (χ4n) is 3.30. The Bertz CT molecular complexity index is 1190. The standard InChI is InChI=1S/C19H15FN4O4/c1-9-5-15(25)16(19(27)28-9)13-7-14(10-3-2-4-11(20)6-10)24-18(23-13)12(8-22-24)17(21)26/h2-6,8,14,25H,7H2,1H3,(H2,21,26). The van der Waals surface area contributed by atoms with E-state index in [4.69, 9.17) is 10.2 Å². The van der Waals surface area contributed by atoms with Gasteiger partial charge in [-0.05, 0) is 24.6 Å². The predicted molar refractivity (Wildman–Crippen MR) is 97.5 cm³/mol. The zero-order valence-corrected chi connectivity index (χ0v) is 14.7. The molecule has 28 heavy (non-hydrogen) atoms. The quantitative estimate of drug-likeness (QED) is 0.719. The number of aromatic nitrogens is 2. The number of nitrogens with two attached hydrogens (primary N) is 1. The highest BCUT2D eigenvalue weighted by Crippen LogP contribution is 2.36. The van der Waals surface area contributed by atoms with E-state index in [2.05, 4.69) is 10.1 Å². The van der Waals surface area contributed by atoms with Gasteiger partial charge in [-0.3, -0.25) is 4.79 Å². The topological polar surface area (TPSA) is 124 Å². The van der Waals surface area contributed by atoms with Crippen LogP contribution in [0.2, 0.25) is 0 Å². The molecule has 3 aromatic rings. The Morgan fingerprint density at radius 2 is 2.18 bits per heavy atom. The van der Waals surface area contributed by atoms with Gasteiger partial charge in [0.05, 0.1) is 18.0 Å². The number of hydrogen-bond donors (Lipinski definition) is 2. The van der Waals surface area contributed by atoms with Crippen molar-refractivity contribution in [1.82, 2.24) is 9.78 Å². The second kappa shape index (κ2) is 6.45. The van der Waals surface area contributed by atoms with Crippen LogP contribution in [0.4, 0.5) is 10.2 Å². The summed E-state index contributed by atoms with van der Waals surface area (Å²) in [5.41, 5.74) is 5.33. The Hall–Kier alpha value is -3.75. The average Bonchev–Trinajstić information content (AvgIpc) is 3.04. The third-order valence-electron chi connectivity index (χ3n) is 4.53. The first-order chi connectivity index (χ1) is 13.3.